The van der Waals surface area contributed by atoms with Crippen LogP contribution in [0.4, 0.5) is 0 Å². The van der Waals surface area contributed by atoms with Gasteiger partial charge in [0, 0.05) is 29.0 Å². The summed E-state index contributed by atoms with van der Waals surface area (Å²) < 4.78 is 0. The Kier molecular flexibility index (Phi) is 4.74. The van der Waals surface area contributed by atoms with Crippen molar-refractivity contribution in [1.82, 2.24) is 10.3 Å². The Balaban J connectivity index is 1.94. The van der Waals surface area contributed by atoms with Crippen molar-refractivity contribution in [2.45, 2.75) is 20.3 Å². The summed E-state index contributed by atoms with van der Waals surface area (Å²) in [5.74, 6) is -0.0602. The lowest BCUT2D eigenvalue weighted by molar-refractivity contribution is 0.0953. The predicted octanol–water partition coefficient (Wildman–Crippen LogP) is 3.32. The number of hydrogen-bond donors (Lipinski definition) is 1. The molecule has 0 saturated heterocycles. The Labute approximate surface area is 124 Å². The van der Waals surface area contributed by atoms with Gasteiger partial charge in [-0.2, -0.15) is 0 Å². The summed E-state index contributed by atoms with van der Waals surface area (Å²) in [6, 6.07) is 9.41. The summed E-state index contributed by atoms with van der Waals surface area (Å²) in [5, 5.41) is 3.64. The molecule has 0 bridgehead atoms. The van der Waals surface area contributed by atoms with E-state index in [0.29, 0.717) is 12.1 Å². The number of nitrogens with one attached hydrogen (secondary N) is 1. The van der Waals surface area contributed by atoms with Crippen LogP contribution in [0.1, 0.15) is 27.2 Å². The fourth-order valence-electron chi connectivity index (χ4n) is 1.99. The number of pyridine rings is 1. The Bertz CT molecular complexity index is 626. The standard InChI is InChI=1S/C16H17ClN2O/c1-11-12(2)18-9-7-15(11)16(20)19-8-6-13-4-3-5-14(17)10-13/h3-5,7,9-10H,6,8H2,1-2H3,(H,19,20). The van der Waals surface area contributed by atoms with Crippen LogP contribution in [0.5, 0.6) is 0 Å². The molecule has 0 aliphatic heterocycles. The van der Waals surface area contributed by atoms with E-state index in [-0.39, 0.29) is 5.91 Å². The van der Waals surface area contributed by atoms with Gasteiger partial charge in [0.15, 0.2) is 0 Å². The van der Waals surface area contributed by atoms with E-state index in [1.807, 2.05) is 38.1 Å². The third-order valence-corrected chi connectivity index (χ3v) is 3.52. The molecule has 20 heavy (non-hydrogen) atoms. The van der Waals surface area contributed by atoms with Gasteiger partial charge in [-0.15, -0.1) is 0 Å². The van der Waals surface area contributed by atoms with Gasteiger partial charge in [0.05, 0.1) is 0 Å². The molecule has 0 spiro atoms. The van der Waals surface area contributed by atoms with Crippen LogP contribution in [0.2, 0.25) is 5.02 Å². The molecule has 1 aromatic heterocycles. The number of amides is 1. The van der Waals surface area contributed by atoms with Gasteiger partial charge in [-0.25, -0.2) is 0 Å². The first-order valence-corrected chi connectivity index (χ1v) is 6.90. The minimum atomic E-state index is -0.0602. The highest BCUT2D eigenvalue weighted by Crippen LogP contribution is 2.12. The maximum absolute atomic E-state index is 12.1. The summed E-state index contributed by atoms with van der Waals surface area (Å²) in [5.41, 5.74) is 3.60. The maximum Gasteiger partial charge on any atom is 0.251 e. The first-order chi connectivity index (χ1) is 9.58. The van der Waals surface area contributed by atoms with E-state index >= 15 is 0 Å². The quantitative estimate of drug-likeness (QED) is 0.938. The molecule has 0 saturated carbocycles. The van der Waals surface area contributed by atoms with Crippen LogP contribution < -0.4 is 5.32 Å². The molecule has 2 rings (SSSR count). The van der Waals surface area contributed by atoms with E-state index in [0.717, 1.165) is 28.3 Å². The van der Waals surface area contributed by atoms with Gasteiger partial charge in [0.25, 0.3) is 5.91 Å². The molecule has 0 radical (unpaired) electrons. The summed E-state index contributed by atoms with van der Waals surface area (Å²) in [6.07, 6.45) is 2.42. The molecule has 2 aromatic rings. The van der Waals surface area contributed by atoms with Gasteiger partial charge < -0.3 is 5.32 Å². The molecule has 0 unspecified atom stereocenters. The summed E-state index contributed by atoms with van der Waals surface area (Å²) in [4.78, 5) is 16.3. The highest BCUT2D eigenvalue weighted by molar-refractivity contribution is 6.30. The van der Waals surface area contributed by atoms with E-state index in [9.17, 15) is 4.79 Å². The van der Waals surface area contributed by atoms with Crippen LogP contribution in [-0.2, 0) is 6.42 Å². The smallest absolute Gasteiger partial charge is 0.251 e. The number of carbonyl (C=O) groups excluding carboxylic acids is 1. The van der Waals surface area contributed by atoms with Crippen molar-refractivity contribution in [1.29, 1.82) is 0 Å². The van der Waals surface area contributed by atoms with Crippen LogP contribution in [-0.4, -0.2) is 17.4 Å². The number of aryl methyl sites for hydroxylation is 1. The lowest BCUT2D eigenvalue weighted by atomic mass is 10.1. The zero-order valence-corrected chi connectivity index (χ0v) is 12.4. The number of benzene rings is 1. The average molecular weight is 289 g/mol. The lowest BCUT2D eigenvalue weighted by Gasteiger charge is -2.09. The molecule has 1 N–H and O–H groups in total. The molecule has 0 atom stereocenters. The molecule has 1 aromatic carbocycles. The number of aromatic nitrogens is 1. The Morgan fingerprint density at radius 2 is 2.10 bits per heavy atom. The van der Waals surface area contributed by atoms with Gasteiger partial charge in [0.2, 0.25) is 0 Å². The molecular formula is C16H17ClN2O. The topological polar surface area (TPSA) is 42.0 Å². The second-order valence-electron chi connectivity index (χ2n) is 4.70. The largest absolute Gasteiger partial charge is 0.352 e. The third kappa shape index (κ3) is 3.58. The normalized spacial score (nSPS) is 10.3. The van der Waals surface area contributed by atoms with Crippen molar-refractivity contribution in [3.63, 3.8) is 0 Å². The number of carbonyl (C=O) groups is 1. The van der Waals surface area contributed by atoms with Crippen LogP contribution in [0.15, 0.2) is 36.5 Å². The van der Waals surface area contributed by atoms with E-state index in [4.69, 9.17) is 11.6 Å². The molecule has 4 heteroatoms. The highest BCUT2D eigenvalue weighted by Gasteiger charge is 2.10. The van der Waals surface area contributed by atoms with E-state index in [2.05, 4.69) is 10.3 Å². The Morgan fingerprint density at radius 1 is 1.30 bits per heavy atom. The third-order valence-electron chi connectivity index (χ3n) is 3.29. The van der Waals surface area contributed by atoms with Crippen molar-refractivity contribution in [2.24, 2.45) is 0 Å². The number of halogens is 1. The van der Waals surface area contributed by atoms with E-state index < -0.39 is 0 Å². The van der Waals surface area contributed by atoms with Gasteiger partial charge in [0.1, 0.15) is 0 Å². The van der Waals surface area contributed by atoms with Crippen molar-refractivity contribution in [3.8, 4) is 0 Å². The molecule has 1 amide bonds. The first-order valence-electron chi connectivity index (χ1n) is 6.53. The molecule has 0 fully saturated rings. The summed E-state index contributed by atoms with van der Waals surface area (Å²) in [6.45, 7) is 4.40. The molecule has 3 nitrogen and oxygen atoms in total. The first kappa shape index (κ1) is 14.5. The van der Waals surface area contributed by atoms with Crippen LogP contribution >= 0.6 is 11.6 Å². The second kappa shape index (κ2) is 6.53. The highest BCUT2D eigenvalue weighted by atomic mass is 35.5. The molecular weight excluding hydrogens is 272 g/mol. The predicted molar refractivity (Wildman–Crippen MR) is 81.2 cm³/mol. The van der Waals surface area contributed by atoms with Crippen LogP contribution in [0.3, 0.4) is 0 Å². The number of rotatable bonds is 4. The van der Waals surface area contributed by atoms with E-state index in [1.165, 1.54) is 0 Å². The molecule has 1 heterocycles. The fourth-order valence-corrected chi connectivity index (χ4v) is 2.21. The monoisotopic (exact) mass is 288 g/mol. The molecule has 104 valence electrons. The maximum atomic E-state index is 12.1. The van der Waals surface area contributed by atoms with Gasteiger partial charge in [-0.3, -0.25) is 9.78 Å². The average Bonchev–Trinajstić information content (AvgIpc) is 2.42. The van der Waals surface area contributed by atoms with E-state index in [1.54, 1.807) is 12.3 Å². The summed E-state index contributed by atoms with van der Waals surface area (Å²) in [7, 11) is 0. The fraction of sp³-hybridized carbons (Fsp3) is 0.250. The zero-order chi connectivity index (χ0) is 14.5. The molecule has 0 aliphatic carbocycles. The van der Waals surface area contributed by atoms with Crippen molar-refractivity contribution < 1.29 is 4.79 Å². The number of nitrogens with zero attached hydrogens (tertiary/aromatic N) is 1. The Morgan fingerprint density at radius 3 is 2.85 bits per heavy atom. The SMILES string of the molecule is Cc1nccc(C(=O)NCCc2cccc(Cl)c2)c1C. The second-order valence-corrected chi connectivity index (χ2v) is 5.14. The van der Waals surface area contributed by atoms with Crippen molar-refractivity contribution in [3.05, 3.63) is 63.9 Å². The van der Waals surface area contributed by atoms with Gasteiger partial charge in [-0.05, 0) is 49.6 Å². The van der Waals surface area contributed by atoms with Crippen LogP contribution in [0, 0.1) is 13.8 Å². The van der Waals surface area contributed by atoms with Gasteiger partial charge >= 0.3 is 0 Å². The minimum Gasteiger partial charge on any atom is -0.352 e. The molecule has 0 aliphatic rings. The lowest BCUT2D eigenvalue weighted by Crippen LogP contribution is -2.26. The van der Waals surface area contributed by atoms with Crippen molar-refractivity contribution in [2.75, 3.05) is 6.54 Å². The minimum absolute atomic E-state index is 0.0602. The zero-order valence-electron chi connectivity index (χ0n) is 11.6. The van der Waals surface area contributed by atoms with Crippen LogP contribution in [0.25, 0.3) is 0 Å². The van der Waals surface area contributed by atoms with Gasteiger partial charge in [-0.1, -0.05) is 23.7 Å². The Hall–Kier alpha value is -1.87. The number of hydrogen-bond acceptors (Lipinski definition) is 2. The summed E-state index contributed by atoms with van der Waals surface area (Å²) >= 11 is 5.93. The van der Waals surface area contributed by atoms with Crippen molar-refractivity contribution >= 4 is 17.5 Å².